The van der Waals surface area contributed by atoms with E-state index >= 15 is 0 Å². The Hall–Kier alpha value is -1.80. The molecule has 1 aliphatic rings. The lowest BCUT2D eigenvalue weighted by molar-refractivity contribution is 0.253. The average Bonchev–Trinajstić information content (AvgIpc) is 2.29. The minimum absolute atomic E-state index is 0.1000. The number of rotatable bonds is 3. The van der Waals surface area contributed by atoms with Crippen LogP contribution >= 0.6 is 0 Å². The van der Waals surface area contributed by atoms with E-state index in [2.05, 4.69) is 4.99 Å². The molecule has 0 aliphatic heterocycles. The zero-order chi connectivity index (χ0) is 13.3. The summed E-state index contributed by atoms with van der Waals surface area (Å²) in [6.07, 6.45) is 4.36. The van der Waals surface area contributed by atoms with Gasteiger partial charge in [-0.3, -0.25) is 0 Å². The Labute approximate surface area is 106 Å². The fourth-order valence-electron chi connectivity index (χ4n) is 2.66. The molecule has 4 nitrogen and oxygen atoms in total. The second kappa shape index (κ2) is 4.46. The number of phenols is 1. The fraction of sp³-hybridized carbons (Fsp3) is 0.500. The summed E-state index contributed by atoms with van der Waals surface area (Å²) in [6, 6.07) is 1.67. The Kier molecular flexibility index (Phi) is 3.14. The number of benzene rings is 1. The first-order valence-corrected chi connectivity index (χ1v) is 6.02. The summed E-state index contributed by atoms with van der Waals surface area (Å²) in [5, 5.41) is 9.98. The van der Waals surface area contributed by atoms with E-state index in [0.717, 1.165) is 36.0 Å². The zero-order valence-corrected chi connectivity index (χ0v) is 10.9. The largest absolute Gasteiger partial charge is 0.504 e. The van der Waals surface area contributed by atoms with E-state index in [4.69, 9.17) is 4.74 Å². The van der Waals surface area contributed by atoms with Crippen LogP contribution in [0.5, 0.6) is 11.5 Å². The smallest absolute Gasteiger partial charge is 0.235 e. The van der Waals surface area contributed by atoms with Gasteiger partial charge in [-0.2, -0.15) is 4.99 Å². The van der Waals surface area contributed by atoms with Gasteiger partial charge in [0.05, 0.1) is 12.6 Å². The molecule has 96 valence electrons. The van der Waals surface area contributed by atoms with Gasteiger partial charge in [0.1, 0.15) is 0 Å². The van der Waals surface area contributed by atoms with Crippen LogP contribution in [0.2, 0.25) is 0 Å². The van der Waals surface area contributed by atoms with Crippen LogP contribution in [0.4, 0.5) is 0 Å². The summed E-state index contributed by atoms with van der Waals surface area (Å²) in [5.41, 5.74) is 2.33. The molecule has 0 amide bonds. The van der Waals surface area contributed by atoms with Gasteiger partial charge in [0.25, 0.3) is 0 Å². The molecule has 18 heavy (non-hydrogen) atoms. The van der Waals surface area contributed by atoms with Crippen LogP contribution in [-0.2, 0) is 10.3 Å². The molecule has 0 spiro atoms. The van der Waals surface area contributed by atoms with Crippen LogP contribution in [0.25, 0.3) is 0 Å². The van der Waals surface area contributed by atoms with Crippen molar-refractivity contribution in [2.45, 2.75) is 38.6 Å². The summed E-state index contributed by atoms with van der Waals surface area (Å²) in [6.45, 7) is 3.86. The van der Waals surface area contributed by atoms with Crippen molar-refractivity contribution in [2.75, 3.05) is 7.11 Å². The number of hydrogen-bond acceptors (Lipinski definition) is 4. The molecule has 1 fully saturated rings. The number of methoxy groups -OCH3 is 1. The molecule has 0 unspecified atom stereocenters. The monoisotopic (exact) mass is 247 g/mol. The second-order valence-corrected chi connectivity index (χ2v) is 4.81. The lowest BCUT2D eigenvalue weighted by Gasteiger charge is -2.38. The van der Waals surface area contributed by atoms with Gasteiger partial charge in [-0.1, -0.05) is 0 Å². The molecule has 1 aromatic carbocycles. The van der Waals surface area contributed by atoms with Gasteiger partial charge in [0.15, 0.2) is 11.5 Å². The third kappa shape index (κ3) is 1.70. The Morgan fingerprint density at radius 2 is 2.06 bits per heavy atom. The van der Waals surface area contributed by atoms with Crippen LogP contribution in [0, 0.1) is 13.8 Å². The molecule has 4 heteroatoms. The first-order valence-electron chi connectivity index (χ1n) is 6.02. The second-order valence-electron chi connectivity index (χ2n) is 4.81. The van der Waals surface area contributed by atoms with Crippen LogP contribution < -0.4 is 4.74 Å². The van der Waals surface area contributed by atoms with Crippen molar-refractivity contribution in [3.8, 4) is 11.5 Å². The van der Waals surface area contributed by atoms with E-state index in [1.165, 1.54) is 7.11 Å². The van der Waals surface area contributed by atoms with Crippen molar-refractivity contribution in [3.05, 3.63) is 22.8 Å². The molecular formula is C14H17NO3. The van der Waals surface area contributed by atoms with Gasteiger partial charge in [-0.05, 0) is 55.9 Å². The van der Waals surface area contributed by atoms with Crippen molar-refractivity contribution >= 4 is 6.08 Å². The molecule has 0 bridgehead atoms. The summed E-state index contributed by atoms with van der Waals surface area (Å²) in [7, 11) is 1.53. The predicted octanol–water partition coefficient (Wildman–Crippen LogP) is 2.73. The van der Waals surface area contributed by atoms with E-state index in [0.29, 0.717) is 5.75 Å². The zero-order valence-electron chi connectivity index (χ0n) is 10.9. The van der Waals surface area contributed by atoms with Crippen molar-refractivity contribution in [1.82, 2.24) is 0 Å². The Bertz CT molecular complexity index is 526. The quantitative estimate of drug-likeness (QED) is 0.660. The minimum Gasteiger partial charge on any atom is -0.504 e. The van der Waals surface area contributed by atoms with Crippen molar-refractivity contribution in [1.29, 1.82) is 0 Å². The lowest BCUT2D eigenvalue weighted by Crippen LogP contribution is -2.33. The molecule has 0 heterocycles. The average molecular weight is 247 g/mol. The Balaban J connectivity index is 2.62. The number of ether oxygens (including phenoxy) is 1. The lowest BCUT2D eigenvalue weighted by atomic mass is 9.70. The number of carbonyl (C=O) groups excluding carboxylic acids is 1. The van der Waals surface area contributed by atoms with Crippen LogP contribution in [-0.4, -0.2) is 18.3 Å². The van der Waals surface area contributed by atoms with Crippen LogP contribution in [0.3, 0.4) is 0 Å². The normalized spacial score (nSPS) is 16.6. The van der Waals surface area contributed by atoms with Crippen LogP contribution in [0.1, 0.15) is 36.0 Å². The third-order valence-electron chi connectivity index (χ3n) is 3.97. The molecule has 1 aliphatic carbocycles. The number of aliphatic imine (C=N–C) groups is 1. The predicted molar refractivity (Wildman–Crippen MR) is 67.8 cm³/mol. The van der Waals surface area contributed by atoms with Crippen molar-refractivity contribution in [3.63, 3.8) is 0 Å². The van der Waals surface area contributed by atoms with E-state index in [1.807, 2.05) is 13.8 Å². The van der Waals surface area contributed by atoms with Crippen LogP contribution in [0.15, 0.2) is 11.1 Å². The van der Waals surface area contributed by atoms with E-state index < -0.39 is 5.54 Å². The molecule has 2 rings (SSSR count). The highest BCUT2D eigenvalue weighted by atomic mass is 16.5. The van der Waals surface area contributed by atoms with Gasteiger partial charge in [-0.25, -0.2) is 4.79 Å². The summed E-state index contributed by atoms with van der Waals surface area (Å²) < 4.78 is 5.18. The maximum absolute atomic E-state index is 10.6. The van der Waals surface area contributed by atoms with Gasteiger partial charge >= 0.3 is 0 Å². The van der Waals surface area contributed by atoms with Gasteiger partial charge in [0, 0.05) is 0 Å². The van der Waals surface area contributed by atoms with E-state index in [9.17, 15) is 9.90 Å². The van der Waals surface area contributed by atoms with E-state index in [1.54, 1.807) is 12.1 Å². The number of aromatic hydroxyl groups is 1. The highest BCUT2D eigenvalue weighted by Crippen LogP contribution is 2.49. The number of phenolic OH excluding ortho intramolecular Hbond substituents is 1. The summed E-state index contributed by atoms with van der Waals surface area (Å²) >= 11 is 0. The number of isocyanates is 1. The standard InChI is InChI=1S/C14H17NO3/c1-9-10(2)13(18-3)12(17)7-11(9)14(15-8-16)5-4-6-14/h7,17H,4-6H2,1-3H3. The highest BCUT2D eigenvalue weighted by Gasteiger charge is 2.41. The molecule has 1 saturated carbocycles. The topological polar surface area (TPSA) is 58.9 Å². The first-order chi connectivity index (χ1) is 8.55. The van der Waals surface area contributed by atoms with E-state index in [-0.39, 0.29) is 5.75 Å². The van der Waals surface area contributed by atoms with Gasteiger partial charge in [0.2, 0.25) is 6.08 Å². The van der Waals surface area contributed by atoms with Crippen molar-refractivity contribution in [2.24, 2.45) is 4.99 Å². The van der Waals surface area contributed by atoms with Gasteiger partial charge < -0.3 is 9.84 Å². The maximum Gasteiger partial charge on any atom is 0.235 e. The molecule has 0 atom stereocenters. The van der Waals surface area contributed by atoms with Gasteiger partial charge in [-0.15, -0.1) is 0 Å². The maximum atomic E-state index is 10.6. The highest BCUT2D eigenvalue weighted by molar-refractivity contribution is 5.56. The Morgan fingerprint density at radius 3 is 2.50 bits per heavy atom. The molecule has 0 saturated heterocycles. The number of hydrogen-bond donors (Lipinski definition) is 1. The first kappa shape index (κ1) is 12.7. The number of nitrogens with zero attached hydrogens (tertiary/aromatic N) is 1. The minimum atomic E-state index is -0.486. The fourth-order valence-corrected chi connectivity index (χ4v) is 2.66. The Morgan fingerprint density at radius 1 is 1.39 bits per heavy atom. The third-order valence-corrected chi connectivity index (χ3v) is 3.97. The SMILES string of the molecule is COc1c(O)cc(C2(N=C=O)CCC2)c(C)c1C. The summed E-state index contributed by atoms with van der Waals surface area (Å²) in [5.74, 6) is 0.587. The molecular weight excluding hydrogens is 230 g/mol. The molecule has 0 aromatic heterocycles. The van der Waals surface area contributed by atoms with Crippen molar-refractivity contribution < 1.29 is 14.6 Å². The molecule has 0 radical (unpaired) electrons. The molecule has 1 N–H and O–H groups in total. The molecule has 1 aromatic rings. The summed E-state index contributed by atoms with van der Waals surface area (Å²) in [4.78, 5) is 14.6.